The highest BCUT2D eigenvalue weighted by Gasteiger charge is 2.24. The molecule has 2 heterocycles. The minimum absolute atomic E-state index is 0.127. The highest BCUT2D eigenvalue weighted by atomic mass is 35.5. The molecular formula is C17H24ClN5O. The van der Waals surface area contributed by atoms with Gasteiger partial charge in [0.2, 0.25) is 0 Å². The molecule has 1 aliphatic heterocycles. The van der Waals surface area contributed by atoms with Crippen LogP contribution < -0.4 is 11.0 Å². The van der Waals surface area contributed by atoms with E-state index < -0.39 is 0 Å². The van der Waals surface area contributed by atoms with Crippen molar-refractivity contribution in [2.45, 2.75) is 32.9 Å². The van der Waals surface area contributed by atoms with Gasteiger partial charge in [0.1, 0.15) is 0 Å². The van der Waals surface area contributed by atoms with Gasteiger partial charge in [0.15, 0.2) is 5.96 Å². The molecule has 130 valence electrons. The highest BCUT2D eigenvalue weighted by Crippen LogP contribution is 2.16. The Hall–Kier alpha value is -1.95. The number of aromatic nitrogens is 2. The van der Waals surface area contributed by atoms with Crippen LogP contribution in [0.5, 0.6) is 0 Å². The third-order valence-electron chi connectivity index (χ3n) is 4.27. The van der Waals surface area contributed by atoms with Gasteiger partial charge in [-0.2, -0.15) is 0 Å². The molecule has 0 amide bonds. The molecule has 0 aliphatic carbocycles. The minimum atomic E-state index is -0.127. The molecule has 2 aromatic rings. The Bertz CT molecular complexity index is 807. The van der Waals surface area contributed by atoms with Gasteiger partial charge in [-0.05, 0) is 30.5 Å². The topological polar surface area (TPSA) is 65.4 Å². The second-order valence-electron chi connectivity index (χ2n) is 6.80. The first-order chi connectivity index (χ1) is 11.4. The average molecular weight is 350 g/mol. The van der Waals surface area contributed by atoms with Crippen LogP contribution in [0.25, 0.3) is 11.0 Å². The summed E-state index contributed by atoms with van der Waals surface area (Å²) in [5, 5.41) is 4.09. The van der Waals surface area contributed by atoms with Crippen molar-refractivity contribution in [1.82, 2.24) is 19.8 Å². The molecule has 7 heteroatoms. The Morgan fingerprint density at radius 1 is 1.42 bits per heavy atom. The number of fused-ring (bicyclic) bond motifs is 1. The van der Waals surface area contributed by atoms with Gasteiger partial charge in [-0.15, -0.1) is 0 Å². The molecular weight excluding hydrogens is 326 g/mol. The number of hydrogen-bond donors (Lipinski definition) is 2. The summed E-state index contributed by atoms with van der Waals surface area (Å²) in [5.41, 5.74) is 1.49. The fraction of sp³-hybridized carbons (Fsp3) is 0.529. The lowest BCUT2D eigenvalue weighted by atomic mass is 10.0. The van der Waals surface area contributed by atoms with Gasteiger partial charge in [-0.1, -0.05) is 25.4 Å². The number of imidazole rings is 1. The summed E-state index contributed by atoms with van der Waals surface area (Å²) in [6.07, 6.45) is 1.13. The van der Waals surface area contributed by atoms with Gasteiger partial charge in [-0.3, -0.25) is 9.56 Å². The first-order valence-corrected chi connectivity index (χ1v) is 8.72. The zero-order chi connectivity index (χ0) is 17.3. The van der Waals surface area contributed by atoms with Crippen LogP contribution in [0.2, 0.25) is 5.02 Å². The van der Waals surface area contributed by atoms with Gasteiger partial charge >= 0.3 is 5.69 Å². The molecule has 3 rings (SSSR count). The van der Waals surface area contributed by atoms with Crippen LogP contribution >= 0.6 is 11.6 Å². The lowest BCUT2D eigenvalue weighted by Crippen LogP contribution is -2.30. The predicted molar refractivity (Wildman–Crippen MR) is 98.9 cm³/mol. The maximum atomic E-state index is 12.1. The number of nitrogens with zero attached hydrogens (tertiary/aromatic N) is 3. The van der Waals surface area contributed by atoms with Gasteiger partial charge in [0, 0.05) is 31.2 Å². The lowest BCUT2D eigenvalue weighted by molar-refractivity contribution is 0.437. The third kappa shape index (κ3) is 3.59. The van der Waals surface area contributed by atoms with Gasteiger partial charge < -0.3 is 15.2 Å². The van der Waals surface area contributed by atoms with Crippen molar-refractivity contribution in [3.8, 4) is 0 Å². The number of nitrogens with one attached hydrogen (secondary N) is 2. The van der Waals surface area contributed by atoms with Crippen LogP contribution in [0.4, 0.5) is 0 Å². The zero-order valence-electron chi connectivity index (χ0n) is 14.3. The third-order valence-corrected chi connectivity index (χ3v) is 4.50. The Labute approximate surface area is 146 Å². The Balaban J connectivity index is 1.68. The standard InChI is InChI=1S/C17H24ClN5O/c1-11(2)8-13-10-22(3)16(20-13)19-6-7-23-15-5-4-12(18)9-14(15)21-17(23)24/h4-5,9,11,13H,6-8,10H2,1-3H3,(H,19,20)(H,21,24). The van der Waals surface area contributed by atoms with Crippen molar-refractivity contribution in [3.63, 3.8) is 0 Å². The SMILES string of the molecule is CC(C)CC1CN(C)C(=NCCn2c(=O)[nH]c3cc(Cl)ccc32)N1. The number of H-pyrrole nitrogens is 1. The number of aromatic amines is 1. The molecule has 1 atom stereocenters. The smallest absolute Gasteiger partial charge is 0.326 e. The van der Waals surface area contributed by atoms with Crippen LogP contribution in [-0.4, -0.2) is 46.6 Å². The molecule has 0 saturated carbocycles. The second-order valence-corrected chi connectivity index (χ2v) is 7.24. The van der Waals surface area contributed by atoms with Crippen molar-refractivity contribution < 1.29 is 0 Å². The number of aliphatic imine (C=N–C) groups is 1. The molecule has 0 spiro atoms. The van der Waals surface area contributed by atoms with Crippen molar-refractivity contribution in [2.24, 2.45) is 10.9 Å². The van der Waals surface area contributed by atoms with E-state index in [1.807, 2.05) is 13.1 Å². The Morgan fingerprint density at radius 3 is 2.96 bits per heavy atom. The van der Waals surface area contributed by atoms with E-state index in [0.717, 1.165) is 30.0 Å². The van der Waals surface area contributed by atoms with E-state index in [1.54, 1.807) is 16.7 Å². The molecule has 1 fully saturated rings. The van der Waals surface area contributed by atoms with E-state index in [4.69, 9.17) is 11.6 Å². The quantitative estimate of drug-likeness (QED) is 0.870. The van der Waals surface area contributed by atoms with E-state index >= 15 is 0 Å². The predicted octanol–water partition coefficient (Wildman–Crippen LogP) is 2.29. The van der Waals surface area contributed by atoms with Gasteiger partial charge in [0.05, 0.1) is 17.6 Å². The van der Waals surface area contributed by atoms with Crippen molar-refractivity contribution in [1.29, 1.82) is 0 Å². The maximum absolute atomic E-state index is 12.1. The van der Waals surface area contributed by atoms with Crippen LogP contribution in [0.15, 0.2) is 28.0 Å². The number of hydrogen-bond acceptors (Lipinski definition) is 2. The molecule has 0 radical (unpaired) electrons. The number of guanidine groups is 1. The second kappa shape index (κ2) is 6.89. The van der Waals surface area contributed by atoms with Crippen LogP contribution in [0.1, 0.15) is 20.3 Å². The number of likely N-dealkylation sites (N-methyl/N-ethyl adjacent to an activating group) is 1. The van der Waals surface area contributed by atoms with Crippen molar-refractivity contribution >= 4 is 28.6 Å². The largest absolute Gasteiger partial charge is 0.352 e. The molecule has 1 aromatic heterocycles. The fourth-order valence-corrected chi connectivity index (χ4v) is 3.41. The monoisotopic (exact) mass is 349 g/mol. The summed E-state index contributed by atoms with van der Waals surface area (Å²) in [6, 6.07) is 5.87. The number of rotatable bonds is 5. The number of halogens is 1. The van der Waals surface area contributed by atoms with Gasteiger partial charge in [0.25, 0.3) is 0 Å². The molecule has 2 N–H and O–H groups in total. The van der Waals surface area contributed by atoms with Crippen LogP contribution in [0.3, 0.4) is 0 Å². The molecule has 24 heavy (non-hydrogen) atoms. The first-order valence-electron chi connectivity index (χ1n) is 8.34. The molecule has 1 aliphatic rings. The van der Waals surface area contributed by atoms with E-state index in [9.17, 15) is 4.79 Å². The van der Waals surface area contributed by atoms with E-state index in [1.165, 1.54) is 0 Å². The van der Waals surface area contributed by atoms with E-state index in [-0.39, 0.29) is 5.69 Å². The van der Waals surface area contributed by atoms with Crippen LogP contribution in [-0.2, 0) is 6.54 Å². The summed E-state index contributed by atoms with van der Waals surface area (Å²) in [5.74, 6) is 1.57. The maximum Gasteiger partial charge on any atom is 0.326 e. The summed E-state index contributed by atoms with van der Waals surface area (Å²) in [4.78, 5) is 21.7. The zero-order valence-corrected chi connectivity index (χ0v) is 15.1. The molecule has 1 unspecified atom stereocenters. The van der Waals surface area contributed by atoms with E-state index in [0.29, 0.717) is 30.1 Å². The molecule has 0 bridgehead atoms. The Kier molecular flexibility index (Phi) is 4.85. The normalized spacial score (nSPS) is 19.6. The molecule has 1 aromatic carbocycles. The summed E-state index contributed by atoms with van der Waals surface area (Å²) in [7, 11) is 2.05. The van der Waals surface area contributed by atoms with Crippen molar-refractivity contribution in [3.05, 3.63) is 33.7 Å². The van der Waals surface area contributed by atoms with Crippen molar-refractivity contribution in [2.75, 3.05) is 20.1 Å². The Morgan fingerprint density at radius 2 is 2.21 bits per heavy atom. The molecule has 1 saturated heterocycles. The summed E-state index contributed by atoms with van der Waals surface area (Å²) < 4.78 is 1.70. The molecule has 6 nitrogen and oxygen atoms in total. The lowest BCUT2D eigenvalue weighted by Gasteiger charge is -2.11. The number of benzene rings is 1. The summed E-state index contributed by atoms with van der Waals surface area (Å²) in [6.45, 7) is 6.52. The van der Waals surface area contributed by atoms with E-state index in [2.05, 4.69) is 34.0 Å². The first kappa shape index (κ1) is 16.9. The minimum Gasteiger partial charge on any atom is -0.352 e. The van der Waals surface area contributed by atoms with Crippen LogP contribution in [0, 0.1) is 5.92 Å². The summed E-state index contributed by atoms with van der Waals surface area (Å²) >= 11 is 5.97. The average Bonchev–Trinajstić information content (AvgIpc) is 2.98. The highest BCUT2D eigenvalue weighted by molar-refractivity contribution is 6.31. The fourth-order valence-electron chi connectivity index (χ4n) is 3.24. The van der Waals surface area contributed by atoms with Gasteiger partial charge in [-0.25, -0.2) is 4.79 Å².